The first-order valence-corrected chi connectivity index (χ1v) is 10.1. The maximum atomic E-state index is 12.5. The predicted octanol–water partition coefficient (Wildman–Crippen LogP) is 2.67. The van der Waals surface area contributed by atoms with Gasteiger partial charge in [0, 0.05) is 16.1 Å². The molecule has 154 valence electrons. The van der Waals surface area contributed by atoms with E-state index in [4.69, 9.17) is 10.5 Å². The standard InChI is InChI=1S/C20H23N3O5S/c1-8-14(10(3)24)9(2)22-16(8)20(27)28-11(4)18(26)23-19-15(17(21)25)12-6-5-7-13(12)29-19/h11,22H,5-7H2,1-4H3,(H2,21,25)(H,23,26)/t11-/m1/s1. The lowest BCUT2D eigenvalue weighted by Crippen LogP contribution is -2.30. The molecule has 0 radical (unpaired) electrons. The third-order valence-corrected chi connectivity index (χ3v) is 6.26. The van der Waals surface area contributed by atoms with E-state index in [0.29, 0.717) is 27.4 Å². The number of ether oxygens (including phenoxy) is 1. The molecule has 2 amide bonds. The van der Waals surface area contributed by atoms with Crippen LogP contribution in [0.15, 0.2) is 0 Å². The summed E-state index contributed by atoms with van der Waals surface area (Å²) >= 11 is 1.33. The largest absolute Gasteiger partial charge is 0.448 e. The number of H-pyrrole nitrogens is 1. The molecule has 29 heavy (non-hydrogen) atoms. The van der Waals surface area contributed by atoms with Crippen molar-refractivity contribution in [2.75, 3.05) is 5.32 Å². The highest BCUT2D eigenvalue weighted by molar-refractivity contribution is 7.17. The van der Waals surface area contributed by atoms with Crippen LogP contribution in [0.5, 0.6) is 0 Å². The summed E-state index contributed by atoms with van der Waals surface area (Å²) < 4.78 is 5.27. The highest BCUT2D eigenvalue weighted by Gasteiger charge is 2.29. The van der Waals surface area contributed by atoms with Gasteiger partial charge in [0.05, 0.1) is 5.56 Å². The minimum atomic E-state index is -1.11. The first kappa shape index (κ1) is 20.8. The lowest BCUT2D eigenvalue weighted by atomic mass is 10.1. The summed E-state index contributed by atoms with van der Waals surface area (Å²) in [5.74, 6) is -2.04. The quantitative estimate of drug-likeness (QED) is 0.491. The average molecular weight is 417 g/mol. The Balaban J connectivity index is 1.74. The highest BCUT2D eigenvalue weighted by atomic mass is 32.1. The van der Waals surface area contributed by atoms with Crippen LogP contribution in [0.1, 0.15) is 73.2 Å². The van der Waals surface area contributed by atoms with E-state index >= 15 is 0 Å². The van der Waals surface area contributed by atoms with Crippen LogP contribution >= 0.6 is 11.3 Å². The van der Waals surface area contributed by atoms with Gasteiger partial charge in [0.15, 0.2) is 11.9 Å². The number of hydrogen-bond donors (Lipinski definition) is 3. The molecule has 3 rings (SSSR count). The molecule has 2 heterocycles. The fourth-order valence-electron chi connectivity index (χ4n) is 3.72. The van der Waals surface area contributed by atoms with Gasteiger partial charge in [0.25, 0.3) is 11.8 Å². The predicted molar refractivity (Wildman–Crippen MR) is 109 cm³/mol. The number of esters is 1. The van der Waals surface area contributed by atoms with E-state index in [2.05, 4.69) is 10.3 Å². The van der Waals surface area contributed by atoms with Crippen molar-refractivity contribution in [2.45, 2.75) is 53.1 Å². The van der Waals surface area contributed by atoms with Crippen LogP contribution < -0.4 is 11.1 Å². The molecule has 0 saturated heterocycles. The van der Waals surface area contributed by atoms with Gasteiger partial charge in [-0.25, -0.2) is 4.79 Å². The Morgan fingerprint density at radius 2 is 1.86 bits per heavy atom. The minimum absolute atomic E-state index is 0.139. The molecule has 4 N–H and O–H groups in total. The van der Waals surface area contributed by atoms with E-state index in [-0.39, 0.29) is 11.5 Å². The van der Waals surface area contributed by atoms with E-state index in [1.54, 1.807) is 13.8 Å². The van der Waals surface area contributed by atoms with E-state index in [1.165, 1.54) is 25.2 Å². The Morgan fingerprint density at radius 3 is 2.45 bits per heavy atom. The second kappa shape index (κ2) is 7.82. The monoisotopic (exact) mass is 417 g/mol. The zero-order valence-corrected chi connectivity index (χ0v) is 17.5. The lowest BCUT2D eigenvalue weighted by molar-refractivity contribution is -0.123. The molecule has 0 aliphatic heterocycles. The fourth-order valence-corrected chi connectivity index (χ4v) is 5.02. The van der Waals surface area contributed by atoms with E-state index < -0.39 is 23.9 Å². The number of nitrogens with one attached hydrogen (secondary N) is 2. The minimum Gasteiger partial charge on any atom is -0.448 e. The number of hydrogen-bond acceptors (Lipinski definition) is 6. The van der Waals surface area contributed by atoms with Gasteiger partial charge in [-0.1, -0.05) is 0 Å². The maximum Gasteiger partial charge on any atom is 0.355 e. The molecule has 0 bridgehead atoms. The average Bonchev–Trinajstić information content (AvgIpc) is 3.26. The molecular weight excluding hydrogens is 394 g/mol. The Labute approximate surface area is 171 Å². The normalized spacial score (nSPS) is 13.7. The number of aromatic amines is 1. The van der Waals surface area contributed by atoms with Gasteiger partial charge >= 0.3 is 5.97 Å². The van der Waals surface area contributed by atoms with E-state index in [1.807, 2.05) is 0 Å². The summed E-state index contributed by atoms with van der Waals surface area (Å²) in [4.78, 5) is 52.5. The van der Waals surface area contributed by atoms with Crippen LogP contribution in [-0.2, 0) is 22.4 Å². The van der Waals surface area contributed by atoms with Crippen molar-refractivity contribution < 1.29 is 23.9 Å². The summed E-state index contributed by atoms with van der Waals surface area (Å²) in [5, 5.41) is 3.05. The number of Topliss-reactive ketones (excluding diaryl/α,β-unsaturated/α-hetero) is 1. The molecule has 1 aliphatic carbocycles. The zero-order chi connectivity index (χ0) is 21.5. The van der Waals surface area contributed by atoms with Gasteiger partial charge in [-0.3, -0.25) is 14.4 Å². The molecule has 0 spiro atoms. The SMILES string of the molecule is CC(=O)c1c(C)[nH]c(C(=O)O[C@H](C)C(=O)Nc2sc3c(c2C(N)=O)CCC3)c1C. The van der Waals surface area contributed by atoms with Gasteiger partial charge in [-0.05, 0) is 58.1 Å². The first-order chi connectivity index (χ1) is 13.6. The summed E-state index contributed by atoms with van der Waals surface area (Å²) in [6.07, 6.45) is 1.46. The summed E-state index contributed by atoms with van der Waals surface area (Å²) in [6.45, 7) is 6.20. The second-order valence-corrected chi connectivity index (χ2v) is 8.25. The molecule has 1 atom stereocenters. The molecule has 0 saturated carbocycles. The van der Waals surface area contributed by atoms with Crippen molar-refractivity contribution in [3.63, 3.8) is 0 Å². The number of aromatic nitrogens is 1. The number of anilines is 1. The highest BCUT2D eigenvalue weighted by Crippen LogP contribution is 2.38. The number of thiophene rings is 1. The summed E-state index contributed by atoms with van der Waals surface area (Å²) in [5.41, 5.74) is 8.37. The number of nitrogens with two attached hydrogens (primary N) is 1. The first-order valence-electron chi connectivity index (χ1n) is 9.28. The molecule has 2 aromatic heterocycles. The van der Waals surface area contributed by atoms with E-state index in [9.17, 15) is 19.2 Å². The number of amides is 2. The third kappa shape index (κ3) is 3.82. The number of aryl methyl sites for hydroxylation is 2. The van der Waals surface area contributed by atoms with Gasteiger partial charge in [0.1, 0.15) is 10.7 Å². The van der Waals surface area contributed by atoms with Crippen LogP contribution in [0.2, 0.25) is 0 Å². The molecular formula is C20H23N3O5S. The Hall–Kier alpha value is -2.94. The van der Waals surface area contributed by atoms with Crippen molar-refractivity contribution in [3.8, 4) is 0 Å². The molecule has 1 aliphatic rings. The van der Waals surface area contributed by atoms with Crippen LogP contribution in [0, 0.1) is 13.8 Å². The molecule has 2 aromatic rings. The maximum absolute atomic E-state index is 12.5. The molecule has 0 unspecified atom stereocenters. The fraction of sp³-hybridized carbons (Fsp3) is 0.400. The van der Waals surface area contributed by atoms with Gasteiger partial charge in [-0.2, -0.15) is 0 Å². The topological polar surface area (TPSA) is 131 Å². The number of carbonyl (C=O) groups excluding carboxylic acids is 4. The number of primary amides is 1. The number of carbonyl (C=O) groups is 4. The van der Waals surface area contributed by atoms with Crippen LogP contribution in [0.25, 0.3) is 0 Å². The van der Waals surface area contributed by atoms with Crippen LogP contribution in [-0.4, -0.2) is 34.7 Å². The number of ketones is 1. The zero-order valence-electron chi connectivity index (χ0n) is 16.7. The van der Waals surface area contributed by atoms with Crippen molar-refractivity contribution in [1.29, 1.82) is 0 Å². The molecule has 9 heteroatoms. The van der Waals surface area contributed by atoms with E-state index in [0.717, 1.165) is 29.7 Å². The van der Waals surface area contributed by atoms with Crippen molar-refractivity contribution >= 4 is 39.9 Å². The molecule has 8 nitrogen and oxygen atoms in total. The Kier molecular flexibility index (Phi) is 5.61. The summed E-state index contributed by atoms with van der Waals surface area (Å²) in [6, 6.07) is 0. The summed E-state index contributed by atoms with van der Waals surface area (Å²) in [7, 11) is 0. The second-order valence-electron chi connectivity index (χ2n) is 7.14. The van der Waals surface area contributed by atoms with Gasteiger partial charge < -0.3 is 20.8 Å². The Bertz CT molecular complexity index is 1030. The van der Waals surface area contributed by atoms with Gasteiger partial charge in [0.2, 0.25) is 0 Å². The van der Waals surface area contributed by atoms with Gasteiger partial charge in [-0.15, -0.1) is 11.3 Å². The lowest BCUT2D eigenvalue weighted by Gasteiger charge is -2.13. The number of rotatable bonds is 6. The smallest absolute Gasteiger partial charge is 0.355 e. The number of fused-ring (bicyclic) bond motifs is 1. The van der Waals surface area contributed by atoms with Crippen LogP contribution in [0.3, 0.4) is 0 Å². The van der Waals surface area contributed by atoms with Crippen molar-refractivity contribution in [1.82, 2.24) is 4.98 Å². The molecule has 0 aromatic carbocycles. The molecule has 0 fully saturated rings. The van der Waals surface area contributed by atoms with Crippen molar-refractivity contribution in [2.24, 2.45) is 5.73 Å². The van der Waals surface area contributed by atoms with Crippen molar-refractivity contribution in [3.05, 3.63) is 38.5 Å². The third-order valence-electron chi connectivity index (χ3n) is 5.05. The van der Waals surface area contributed by atoms with Crippen LogP contribution in [0.4, 0.5) is 5.00 Å². The Morgan fingerprint density at radius 1 is 1.17 bits per heavy atom.